The van der Waals surface area contributed by atoms with Gasteiger partial charge in [0.25, 0.3) is 0 Å². The molecule has 0 heterocycles. The third kappa shape index (κ3) is 5.21. The second-order valence-corrected chi connectivity index (χ2v) is 5.59. The van der Waals surface area contributed by atoms with Crippen LogP contribution in [-0.2, 0) is 4.74 Å². The van der Waals surface area contributed by atoms with Crippen molar-refractivity contribution >= 4 is 17.3 Å². The number of rotatable bonds is 8. The van der Waals surface area contributed by atoms with E-state index in [2.05, 4.69) is 24.5 Å². The fraction of sp³-hybridized carbons (Fsp3) is 0.923. The van der Waals surface area contributed by atoms with Gasteiger partial charge in [-0.2, -0.15) is 0 Å². The lowest BCUT2D eigenvalue weighted by Crippen LogP contribution is -2.40. The topological polar surface area (TPSA) is 33.3 Å². The van der Waals surface area contributed by atoms with Crippen molar-refractivity contribution in [1.82, 2.24) is 10.6 Å². The van der Waals surface area contributed by atoms with Crippen molar-refractivity contribution in [2.24, 2.45) is 11.3 Å². The Morgan fingerprint density at radius 3 is 2.59 bits per heavy atom. The van der Waals surface area contributed by atoms with E-state index in [0.717, 1.165) is 43.8 Å². The number of hydrogen-bond donors (Lipinski definition) is 2. The van der Waals surface area contributed by atoms with Gasteiger partial charge in [-0.1, -0.05) is 13.8 Å². The minimum atomic E-state index is 0.511. The van der Waals surface area contributed by atoms with Gasteiger partial charge < -0.3 is 15.4 Å². The van der Waals surface area contributed by atoms with Crippen LogP contribution in [0.25, 0.3) is 0 Å². The van der Waals surface area contributed by atoms with Crippen LogP contribution in [-0.4, -0.2) is 31.4 Å². The fourth-order valence-electron chi connectivity index (χ4n) is 1.96. The normalized spacial score (nSPS) is 16.9. The van der Waals surface area contributed by atoms with Crippen LogP contribution in [0.2, 0.25) is 0 Å². The van der Waals surface area contributed by atoms with Crippen molar-refractivity contribution in [1.29, 1.82) is 0 Å². The van der Waals surface area contributed by atoms with E-state index in [1.807, 2.05) is 6.92 Å². The summed E-state index contributed by atoms with van der Waals surface area (Å²) < 4.78 is 5.27. The van der Waals surface area contributed by atoms with E-state index in [-0.39, 0.29) is 0 Å². The summed E-state index contributed by atoms with van der Waals surface area (Å²) in [5.41, 5.74) is 0.511. The molecule has 0 aromatic rings. The zero-order valence-corrected chi connectivity index (χ0v) is 12.2. The van der Waals surface area contributed by atoms with Crippen molar-refractivity contribution in [3.8, 4) is 0 Å². The van der Waals surface area contributed by atoms with Gasteiger partial charge in [-0.15, -0.1) is 0 Å². The summed E-state index contributed by atoms with van der Waals surface area (Å²) in [7, 11) is 0. The van der Waals surface area contributed by atoms with Crippen molar-refractivity contribution in [2.45, 2.75) is 40.0 Å². The first-order valence-corrected chi connectivity index (χ1v) is 7.11. The average molecular weight is 258 g/mol. The number of hydrogen-bond acceptors (Lipinski definition) is 2. The Balaban J connectivity index is 2.02. The predicted molar refractivity (Wildman–Crippen MR) is 76.2 cm³/mol. The maximum absolute atomic E-state index is 5.27. The predicted octanol–water partition coefficient (Wildman–Crippen LogP) is 2.31. The van der Waals surface area contributed by atoms with Gasteiger partial charge in [0.1, 0.15) is 0 Å². The van der Waals surface area contributed by atoms with Crippen LogP contribution in [0, 0.1) is 11.3 Å². The molecule has 0 bridgehead atoms. The summed E-state index contributed by atoms with van der Waals surface area (Å²) in [6.07, 6.45) is 3.68. The summed E-state index contributed by atoms with van der Waals surface area (Å²) in [6, 6.07) is 0. The molecule has 0 amide bonds. The molecule has 0 aromatic carbocycles. The Hall–Kier alpha value is -0.350. The Bertz CT molecular complexity index is 240. The number of ether oxygens (including phenoxy) is 1. The minimum Gasteiger partial charge on any atom is -0.382 e. The highest BCUT2D eigenvalue weighted by molar-refractivity contribution is 7.80. The van der Waals surface area contributed by atoms with Crippen LogP contribution < -0.4 is 10.6 Å². The van der Waals surface area contributed by atoms with Crippen molar-refractivity contribution in [3.05, 3.63) is 0 Å². The summed E-state index contributed by atoms with van der Waals surface area (Å²) in [6.45, 7) is 10.1. The van der Waals surface area contributed by atoms with Gasteiger partial charge in [0.2, 0.25) is 0 Å². The van der Waals surface area contributed by atoms with Crippen LogP contribution in [0.4, 0.5) is 0 Å². The zero-order chi connectivity index (χ0) is 12.7. The van der Waals surface area contributed by atoms with E-state index in [1.54, 1.807) is 0 Å². The smallest absolute Gasteiger partial charge is 0.166 e. The minimum absolute atomic E-state index is 0.511. The van der Waals surface area contributed by atoms with Gasteiger partial charge >= 0.3 is 0 Å². The van der Waals surface area contributed by atoms with Crippen molar-refractivity contribution < 1.29 is 4.74 Å². The molecule has 2 N–H and O–H groups in total. The van der Waals surface area contributed by atoms with Crippen molar-refractivity contribution in [3.63, 3.8) is 0 Å². The molecule has 1 rings (SSSR count). The van der Waals surface area contributed by atoms with E-state index in [4.69, 9.17) is 17.0 Å². The molecule has 4 heteroatoms. The molecule has 0 spiro atoms. The first kappa shape index (κ1) is 14.7. The van der Waals surface area contributed by atoms with Gasteiger partial charge in [-0.05, 0) is 49.7 Å². The summed E-state index contributed by atoms with van der Waals surface area (Å²) in [5.74, 6) is 0.746. The van der Waals surface area contributed by atoms with Crippen LogP contribution in [0.5, 0.6) is 0 Å². The van der Waals surface area contributed by atoms with E-state index in [1.165, 1.54) is 12.8 Å². The second kappa shape index (κ2) is 7.17. The molecule has 0 unspecified atom stereocenters. The molecule has 0 aromatic heterocycles. The summed E-state index contributed by atoms with van der Waals surface area (Å²) in [5, 5.41) is 7.34. The van der Waals surface area contributed by atoms with Crippen LogP contribution in [0.15, 0.2) is 0 Å². The zero-order valence-electron chi connectivity index (χ0n) is 11.3. The highest BCUT2D eigenvalue weighted by Crippen LogP contribution is 2.51. The number of nitrogens with one attached hydrogen (secondary N) is 2. The lowest BCUT2D eigenvalue weighted by molar-refractivity contribution is 0.145. The molecule has 1 saturated carbocycles. The van der Waals surface area contributed by atoms with Crippen LogP contribution in [0.3, 0.4) is 0 Å². The second-order valence-electron chi connectivity index (χ2n) is 5.18. The lowest BCUT2D eigenvalue weighted by atomic mass is 9.92. The lowest BCUT2D eigenvalue weighted by Gasteiger charge is -2.21. The molecule has 100 valence electrons. The summed E-state index contributed by atoms with van der Waals surface area (Å²) in [4.78, 5) is 0. The molecular weight excluding hydrogens is 232 g/mol. The molecule has 3 nitrogen and oxygen atoms in total. The Labute approximate surface area is 111 Å². The molecule has 0 aliphatic heterocycles. The molecule has 17 heavy (non-hydrogen) atoms. The van der Waals surface area contributed by atoms with Crippen molar-refractivity contribution in [2.75, 3.05) is 26.3 Å². The van der Waals surface area contributed by atoms with Crippen LogP contribution in [0.1, 0.15) is 40.0 Å². The maximum atomic E-state index is 5.27. The monoisotopic (exact) mass is 258 g/mol. The van der Waals surface area contributed by atoms with Gasteiger partial charge in [0, 0.05) is 26.3 Å². The summed E-state index contributed by atoms with van der Waals surface area (Å²) >= 11 is 5.25. The van der Waals surface area contributed by atoms with Crippen LogP contribution >= 0.6 is 12.2 Å². The molecule has 1 aliphatic rings. The largest absolute Gasteiger partial charge is 0.382 e. The maximum Gasteiger partial charge on any atom is 0.166 e. The Morgan fingerprint density at radius 2 is 2.06 bits per heavy atom. The standard InChI is InChI=1S/C13H26N2OS/c1-4-16-9-5-8-14-12(17)15-10-13(6-7-13)11(2)3/h11H,4-10H2,1-3H3,(H2,14,15,17). The van der Waals surface area contributed by atoms with Gasteiger partial charge in [0.05, 0.1) is 0 Å². The first-order chi connectivity index (χ1) is 8.10. The quantitative estimate of drug-likeness (QED) is 0.517. The first-order valence-electron chi connectivity index (χ1n) is 6.70. The Morgan fingerprint density at radius 1 is 1.35 bits per heavy atom. The van der Waals surface area contributed by atoms with E-state index in [0.29, 0.717) is 5.41 Å². The highest BCUT2D eigenvalue weighted by Gasteiger charge is 2.44. The molecular formula is C13H26N2OS. The molecule has 1 aliphatic carbocycles. The fourth-order valence-corrected chi connectivity index (χ4v) is 2.13. The van der Waals surface area contributed by atoms with Gasteiger partial charge in [0.15, 0.2) is 5.11 Å². The highest BCUT2D eigenvalue weighted by atomic mass is 32.1. The number of thiocarbonyl (C=S) groups is 1. The molecule has 0 atom stereocenters. The van der Waals surface area contributed by atoms with E-state index < -0.39 is 0 Å². The molecule has 0 radical (unpaired) electrons. The molecule has 1 fully saturated rings. The van der Waals surface area contributed by atoms with E-state index in [9.17, 15) is 0 Å². The van der Waals surface area contributed by atoms with Gasteiger partial charge in [-0.3, -0.25) is 0 Å². The SMILES string of the molecule is CCOCCCNC(=S)NCC1(C(C)C)CC1. The molecule has 0 saturated heterocycles. The third-order valence-electron chi connectivity index (χ3n) is 3.67. The average Bonchev–Trinajstić information content (AvgIpc) is 3.07. The van der Waals surface area contributed by atoms with Gasteiger partial charge in [-0.25, -0.2) is 0 Å². The third-order valence-corrected chi connectivity index (χ3v) is 3.96. The Kier molecular flexibility index (Phi) is 6.20. The van der Waals surface area contributed by atoms with E-state index >= 15 is 0 Å².